The zero-order valence-electron chi connectivity index (χ0n) is 19.0. The van der Waals surface area contributed by atoms with Crippen LogP contribution in [0.25, 0.3) is 0 Å². The van der Waals surface area contributed by atoms with Gasteiger partial charge in [-0.15, -0.1) is 0 Å². The van der Waals surface area contributed by atoms with E-state index < -0.39 is 0 Å². The normalized spacial score (nSPS) is 32.8. The molecular formula is C23H40N4O3S. The van der Waals surface area contributed by atoms with E-state index in [0.717, 1.165) is 31.6 Å². The molecule has 3 amide bonds. The van der Waals surface area contributed by atoms with Crippen molar-refractivity contribution in [3.63, 3.8) is 0 Å². The summed E-state index contributed by atoms with van der Waals surface area (Å²) in [5.74, 6) is 1.90. The predicted molar refractivity (Wildman–Crippen MR) is 124 cm³/mol. The quantitative estimate of drug-likeness (QED) is 0.393. The van der Waals surface area contributed by atoms with Crippen LogP contribution in [0.5, 0.6) is 0 Å². The van der Waals surface area contributed by atoms with Crippen LogP contribution in [0.2, 0.25) is 0 Å². The lowest BCUT2D eigenvalue weighted by Gasteiger charge is -2.45. The average Bonchev–Trinajstić information content (AvgIpc) is 3.33. The van der Waals surface area contributed by atoms with E-state index in [-0.39, 0.29) is 24.0 Å². The van der Waals surface area contributed by atoms with Crippen LogP contribution in [0.3, 0.4) is 0 Å². The molecule has 5 atom stereocenters. The van der Waals surface area contributed by atoms with Crippen LogP contribution in [-0.4, -0.2) is 90.8 Å². The van der Waals surface area contributed by atoms with Gasteiger partial charge in [0.15, 0.2) is 0 Å². The monoisotopic (exact) mass is 452 g/mol. The van der Waals surface area contributed by atoms with Gasteiger partial charge in [0.05, 0.1) is 18.7 Å². The van der Waals surface area contributed by atoms with E-state index in [1.807, 2.05) is 11.8 Å². The number of nitrogens with zero attached hydrogens (tertiary/aromatic N) is 2. The second-order valence-corrected chi connectivity index (χ2v) is 11.0. The van der Waals surface area contributed by atoms with Gasteiger partial charge >= 0.3 is 6.03 Å². The van der Waals surface area contributed by atoms with E-state index in [1.54, 1.807) is 7.11 Å². The number of piperidine rings is 2. The third kappa shape index (κ3) is 5.88. The summed E-state index contributed by atoms with van der Waals surface area (Å²) < 4.78 is 5.31. The molecule has 8 heteroatoms. The van der Waals surface area contributed by atoms with Crippen molar-refractivity contribution in [1.82, 2.24) is 20.4 Å². The predicted octanol–water partition coefficient (Wildman–Crippen LogP) is 2.45. The van der Waals surface area contributed by atoms with Gasteiger partial charge in [-0.2, -0.15) is 11.8 Å². The number of hydrogen-bond acceptors (Lipinski definition) is 5. The van der Waals surface area contributed by atoms with Gasteiger partial charge in [-0.25, -0.2) is 4.79 Å². The molecule has 4 saturated heterocycles. The number of methoxy groups -OCH3 is 1. The molecule has 4 heterocycles. The lowest BCUT2D eigenvalue weighted by Crippen LogP contribution is -2.52. The maximum atomic E-state index is 13.1. The number of urea groups is 1. The topological polar surface area (TPSA) is 73.9 Å². The van der Waals surface area contributed by atoms with Gasteiger partial charge in [-0.3, -0.25) is 4.79 Å². The van der Waals surface area contributed by atoms with Crippen molar-refractivity contribution in [2.24, 2.45) is 5.92 Å². The number of fused-ring (bicyclic) bond motifs is 2. The molecule has 4 fully saturated rings. The fraction of sp³-hybridized carbons (Fsp3) is 0.913. The van der Waals surface area contributed by atoms with Crippen molar-refractivity contribution in [2.75, 3.05) is 45.6 Å². The highest BCUT2D eigenvalue weighted by Gasteiger charge is 2.42. The molecule has 5 unspecified atom stereocenters. The van der Waals surface area contributed by atoms with Crippen molar-refractivity contribution in [3.05, 3.63) is 0 Å². The summed E-state index contributed by atoms with van der Waals surface area (Å²) in [6, 6.07) is 1.19. The van der Waals surface area contributed by atoms with Gasteiger partial charge in [-0.1, -0.05) is 12.8 Å². The van der Waals surface area contributed by atoms with E-state index >= 15 is 0 Å². The van der Waals surface area contributed by atoms with Crippen LogP contribution >= 0.6 is 11.8 Å². The highest BCUT2D eigenvalue weighted by molar-refractivity contribution is 8.00. The number of carbonyl (C=O) groups is 2. The van der Waals surface area contributed by atoms with Gasteiger partial charge in [0.2, 0.25) is 5.91 Å². The summed E-state index contributed by atoms with van der Waals surface area (Å²) in [5, 5.41) is 6.54. The third-order valence-electron chi connectivity index (χ3n) is 7.67. The number of thioether (sulfide) groups is 1. The Morgan fingerprint density at radius 3 is 2.94 bits per heavy atom. The molecule has 0 spiro atoms. The second kappa shape index (κ2) is 11.2. The molecule has 0 saturated carbocycles. The van der Waals surface area contributed by atoms with Crippen LogP contribution in [0.4, 0.5) is 4.79 Å². The van der Waals surface area contributed by atoms with E-state index in [2.05, 4.69) is 20.4 Å². The fourth-order valence-corrected chi connectivity index (χ4v) is 7.56. The van der Waals surface area contributed by atoms with Crippen LogP contribution in [0.1, 0.15) is 57.8 Å². The Bertz CT molecular complexity index is 620. The van der Waals surface area contributed by atoms with Crippen molar-refractivity contribution in [3.8, 4) is 0 Å². The standard InChI is InChI=1S/C23H40N4O3S/c1-30-14-13-27(15-17-7-6-12-26-11-5-4-8-19(17)26)21(28)10-3-2-9-20-22-18(16-31-20)24-23(29)25-22/h17-20,22H,2-16H2,1H3,(H2,24,25,29). The van der Waals surface area contributed by atoms with Gasteiger partial charge in [0.25, 0.3) is 0 Å². The van der Waals surface area contributed by atoms with Crippen LogP contribution < -0.4 is 10.6 Å². The average molecular weight is 453 g/mol. The summed E-state index contributed by atoms with van der Waals surface area (Å²) in [6.45, 7) is 4.69. The lowest BCUT2D eigenvalue weighted by atomic mass is 9.83. The summed E-state index contributed by atoms with van der Waals surface area (Å²) in [7, 11) is 1.72. The molecular weight excluding hydrogens is 412 g/mol. The summed E-state index contributed by atoms with van der Waals surface area (Å²) in [4.78, 5) is 29.4. The minimum atomic E-state index is -0.0245. The Kier molecular flexibility index (Phi) is 8.40. The van der Waals surface area contributed by atoms with E-state index in [1.165, 1.54) is 45.2 Å². The first-order valence-corrected chi connectivity index (χ1v) is 13.4. The number of amides is 3. The maximum absolute atomic E-state index is 13.1. The SMILES string of the molecule is COCCN(CC1CCCN2CCCCC12)C(=O)CCCCC1SCC2NC(=O)NC21. The van der Waals surface area contributed by atoms with Gasteiger partial charge in [0.1, 0.15) is 0 Å². The molecule has 7 nitrogen and oxygen atoms in total. The van der Waals surface area contributed by atoms with E-state index in [4.69, 9.17) is 4.74 Å². The first-order valence-electron chi connectivity index (χ1n) is 12.3. The Hall–Kier alpha value is -0.990. The van der Waals surface area contributed by atoms with Gasteiger partial charge in [-0.05, 0) is 57.5 Å². The van der Waals surface area contributed by atoms with Crippen LogP contribution in [0, 0.1) is 5.92 Å². The smallest absolute Gasteiger partial charge is 0.315 e. The molecule has 4 aliphatic heterocycles. The van der Waals surface area contributed by atoms with Crippen LogP contribution in [-0.2, 0) is 9.53 Å². The Balaban J connectivity index is 1.22. The Morgan fingerprint density at radius 2 is 2.06 bits per heavy atom. The molecule has 176 valence electrons. The first-order chi connectivity index (χ1) is 15.2. The van der Waals surface area contributed by atoms with Crippen molar-refractivity contribution in [1.29, 1.82) is 0 Å². The molecule has 0 aromatic rings. The number of ether oxygens (including phenoxy) is 1. The fourth-order valence-electron chi connectivity index (χ4n) is 6.02. The number of hydrogen-bond donors (Lipinski definition) is 2. The molecule has 0 aromatic heterocycles. The third-order valence-corrected chi connectivity index (χ3v) is 9.18. The van der Waals surface area contributed by atoms with E-state index in [0.29, 0.717) is 36.8 Å². The summed E-state index contributed by atoms with van der Waals surface area (Å²) in [5.41, 5.74) is 0. The zero-order chi connectivity index (χ0) is 21.6. The van der Waals surface area contributed by atoms with Crippen molar-refractivity contribution >= 4 is 23.7 Å². The highest BCUT2D eigenvalue weighted by atomic mass is 32.2. The Morgan fingerprint density at radius 1 is 1.19 bits per heavy atom. The molecule has 2 N–H and O–H groups in total. The number of rotatable bonds is 10. The number of nitrogens with one attached hydrogen (secondary N) is 2. The number of unbranched alkanes of at least 4 members (excludes halogenated alkanes) is 1. The molecule has 4 aliphatic rings. The highest BCUT2D eigenvalue weighted by Crippen LogP contribution is 2.34. The molecule has 0 bridgehead atoms. The second-order valence-electron chi connectivity index (χ2n) is 9.70. The zero-order valence-corrected chi connectivity index (χ0v) is 19.8. The minimum Gasteiger partial charge on any atom is -0.383 e. The molecule has 0 aliphatic carbocycles. The lowest BCUT2D eigenvalue weighted by molar-refractivity contribution is -0.133. The van der Waals surface area contributed by atoms with Gasteiger partial charge in [0, 0.05) is 43.7 Å². The largest absolute Gasteiger partial charge is 0.383 e. The Labute approximate surface area is 191 Å². The molecule has 0 radical (unpaired) electrons. The minimum absolute atomic E-state index is 0.0245. The molecule has 31 heavy (non-hydrogen) atoms. The summed E-state index contributed by atoms with van der Waals surface area (Å²) >= 11 is 1.95. The van der Waals surface area contributed by atoms with Gasteiger partial charge < -0.3 is 25.2 Å². The van der Waals surface area contributed by atoms with Crippen molar-refractivity contribution in [2.45, 2.75) is 81.2 Å². The first kappa shape index (κ1) is 23.2. The maximum Gasteiger partial charge on any atom is 0.315 e. The molecule has 4 rings (SSSR count). The number of carbonyl (C=O) groups excluding carboxylic acids is 2. The van der Waals surface area contributed by atoms with Crippen molar-refractivity contribution < 1.29 is 14.3 Å². The van der Waals surface area contributed by atoms with E-state index in [9.17, 15) is 9.59 Å². The van der Waals surface area contributed by atoms with Crippen LogP contribution in [0.15, 0.2) is 0 Å². The molecule has 0 aromatic carbocycles. The summed E-state index contributed by atoms with van der Waals surface area (Å²) in [6.07, 6.45) is 10.1.